The van der Waals surface area contributed by atoms with Gasteiger partial charge < -0.3 is 10.1 Å². The first kappa shape index (κ1) is 21.2. The van der Waals surface area contributed by atoms with E-state index in [0.29, 0.717) is 17.7 Å². The molecule has 160 valence electrons. The highest BCUT2D eigenvalue weighted by atomic mass is 79.9. The Morgan fingerprint density at radius 2 is 1.97 bits per heavy atom. The van der Waals surface area contributed by atoms with Crippen molar-refractivity contribution >= 4 is 44.2 Å². The Morgan fingerprint density at radius 3 is 2.77 bits per heavy atom. The lowest BCUT2D eigenvalue weighted by atomic mass is 10.1. The number of hydrazine groups is 1. The summed E-state index contributed by atoms with van der Waals surface area (Å²) in [4.78, 5) is 26.1. The number of ether oxygens (including phenoxy) is 1. The van der Waals surface area contributed by atoms with Gasteiger partial charge >= 0.3 is 0 Å². The van der Waals surface area contributed by atoms with Crippen molar-refractivity contribution in [2.45, 2.75) is 39.0 Å². The molecular formula is C24H24BrN3O3. The van der Waals surface area contributed by atoms with Crippen LogP contribution < -0.4 is 15.5 Å². The molecule has 4 rings (SSSR count). The molecule has 2 amide bonds. The van der Waals surface area contributed by atoms with E-state index in [1.165, 1.54) is 5.01 Å². The lowest BCUT2D eigenvalue weighted by molar-refractivity contribution is -0.132. The number of rotatable bonds is 6. The summed E-state index contributed by atoms with van der Waals surface area (Å²) < 4.78 is 6.77. The molecule has 0 bridgehead atoms. The third-order valence-electron chi connectivity index (χ3n) is 5.28. The van der Waals surface area contributed by atoms with Gasteiger partial charge in [-0.25, -0.2) is 5.01 Å². The van der Waals surface area contributed by atoms with Crippen LogP contribution in [0.2, 0.25) is 0 Å². The molecule has 2 atom stereocenters. The third-order valence-corrected chi connectivity index (χ3v) is 5.77. The first-order chi connectivity index (χ1) is 15.0. The molecule has 6 nitrogen and oxygen atoms in total. The summed E-state index contributed by atoms with van der Waals surface area (Å²) in [5.41, 5.74) is 4.04. The predicted octanol–water partition coefficient (Wildman–Crippen LogP) is 5.09. The Balaban J connectivity index is 1.53. The number of hydrogen-bond donors (Lipinski definition) is 2. The van der Waals surface area contributed by atoms with Gasteiger partial charge in [-0.3, -0.25) is 15.0 Å². The van der Waals surface area contributed by atoms with E-state index in [4.69, 9.17) is 4.74 Å². The maximum Gasteiger partial charge on any atom is 0.279 e. The smallest absolute Gasteiger partial charge is 0.279 e. The average molecular weight is 482 g/mol. The first-order valence-electron chi connectivity index (χ1n) is 10.3. The lowest BCUT2D eigenvalue weighted by Gasteiger charge is -2.38. The zero-order chi connectivity index (χ0) is 22.0. The van der Waals surface area contributed by atoms with Gasteiger partial charge in [-0.15, -0.1) is 0 Å². The molecule has 0 spiro atoms. The highest BCUT2D eigenvalue weighted by molar-refractivity contribution is 9.10. The normalized spacial score (nSPS) is 16.4. The second-order valence-corrected chi connectivity index (χ2v) is 8.44. The lowest BCUT2D eigenvalue weighted by Crippen LogP contribution is -2.59. The minimum atomic E-state index is -0.787. The molecule has 0 saturated heterocycles. The van der Waals surface area contributed by atoms with Crippen molar-refractivity contribution < 1.29 is 14.3 Å². The van der Waals surface area contributed by atoms with Crippen LogP contribution in [0, 0.1) is 0 Å². The zero-order valence-corrected chi connectivity index (χ0v) is 19.0. The Hall–Kier alpha value is -3.06. The summed E-state index contributed by atoms with van der Waals surface area (Å²) in [7, 11) is 0. The molecule has 1 aliphatic heterocycles. The number of nitrogens with one attached hydrogen (secondary N) is 2. The fourth-order valence-corrected chi connectivity index (χ4v) is 4.05. The highest BCUT2D eigenvalue weighted by Gasteiger charge is 2.34. The van der Waals surface area contributed by atoms with E-state index in [-0.39, 0.29) is 18.0 Å². The number of carbonyl (C=O) groups is 2. The van der Waals surface area contributed by atoms with Gasteiger partial charge in [0.1, 0.15) is 11.9 Å². The molecule has 2 N–H and O–H groups in total. The Kier molecular flexibility index (Phi) is 6.13. The summed E-state index contributed by atoms with van der Waals surface area (Å²) in [5, 5.41) is 6.70. The minimum Gasteiger partial charge on any atom is -0.480 e. The van der Waals surface area contributed by atoms with Crippen LogP contribution in [0.3, 0.4) is 0 Å². The molecule has 0 saturated carbocycles. The van der Waals surface area contributed by atoms with Crippen molar-refractivity contribution in [3.8, 4) is 5.75 Å². The fourth-order valence-electron chi connectivity index (χ4n) is 3.69. The molecule has 3 aromatic rings. The molecule has 0 fully saturated rings. The summed E-state index contributed by atoms with van der Waals surface area (Å²) >= 11 is 3.41. The van der Waals surface area contributed by atoms with Gasteiger partial charge in [0, 0.05) is 15.5 Å². The van der Waals surface area contributed by atoms with E-state index in [1.807, 2.05) is 61.5 Å². The van der Waals surface area contributed by atoms with Crippen molar-refractivity contribution in [2.75, 3.05) is 5.32 Å². The number of nitrogens with zero attached hydrogens (tertiary/aromatic N) is 1. The minimum absolute atomic E-state index is 0.251. The fraction of sp³-hybridized carbons (Fsp3) is 0.250. The summed E-state index contributed by atoms with van der Waals surface area (Å²) in [5.74, 6) is -0.00919. The number of hydrogen-bond acceptors (Lipinski definition) is 4. The van der Waals surface area contributed by atoms with E-state index in [2.05, 4.69) is 26.7 Å². The second kappa shape index (κ2) is 8.98. The Labute approximate surface area is 189 Å². The van der Waals surface area contributed by atoms with Crippen molar-refractivity contribution in [3.63, 3.8) is 0 Å². The van der Waals surface area contributed by atoms with Crippen LogP contribution in [0.4, 0.5) is 5.69 Å². The van der Waals surface area contributed by atoms with Crippen molar-refractivity contribution in [1.82, 2.24) is 10.4 Å². The predicted molar refractivity (Wildman–Crippen MR) is 125 cm³/mol. The molecule has 2 unspecified atom stereocenters. The molecule has 0 aromatic heterocycles. The van der Waals surface area contributed by atoms with E-state index in [9.17, 15) is 9.59 Å². The van der Waals surface area contributed by atoms with Crippen LogP contribution in [0.1, 0.15) is 37.0 Å². The summed E-state index contributed by atoms with van der Waals surface area (Å²) in [6.45, 7) is 3.72. The topological polar surface area (TPSA) is 70.7 Å². The van der Waals surface area contributed by atoms with Crippen molar-refractivity contribution in [2.24, 2.45) is 0 Å². The Bertz CT molecular complexity index is 1130. The summed E-state index contributed by atoms with van der Waals surface area (Å²) in [6.07, 6.45) is 0.426. The number of amides is 2. The van der Waals surface area contributed by atoms with Gasteiger partial charge in [-0.2, -0.15) is 0 Å². The highest BCUT2D eigenvalue weighted by Crippen LogP contribution is 2.29. The van der Waals surface area contributed by atoms with Crippen molar-refractivity contribution in [1.29, 1.82) is 0 Å². The van der Waals surface area contributed by atoms with Gasteiger partial charge in [0.05, 0.1) is 5.56 Å². The number of benzene rings is 3. The molecule has 3 aromatic carbocycles. The van der Waals surface area contributed by atoms with E-state index >= 15 is 0 Å². The number of halogens is 1. The van der Waals surface area contributed by atoms with Crippen LogP contribution in [0.5, 0.6) is 5.75 Å². The van der Waals surface area contributed by atoms with Gasteiger partial charge in [0.25, 0.3) is 11.8 Å². The van der Waals surface area contributed by atoms with Crippen LogP contribution in [-0.2, 0) is 4.79 Å². The Morgan fingerprint density at radius 1 is 1.19 bits per heavy atom. The standard InChI is InChI=1S/C24H24BrN3O3/c1-3-7-22-26-20-13-12-17(25)14-19(20)24(30)28(22)27-23(29)15(2)31-21-11-6-9-16-8-4-5-10-18(16)21/h4-6,8-15,22,26H,3,7H2,1-2H3,(H,27,29). The monoisotopic (exact) mass is 481 g/mol. The SMILES string of the molecule is CCCC1Nc2ccc(Br)cc2C(=O)N1NC(=O)C(C)Oc1cccc2ccccc12. The van der Waals surface area contributed by atoms with Gasteiger partial charge in [0.15, 0.2) is 6.10 Å². The number of anilines is 1. The summed E-state index contributed by atoms with van der Waals surface area (Å²) in [6, 6.07) is 19.1. The third kappa shape index (κ3) is 4.37. The molecule has 31 heavy (non-hydrogen) atoms. The average Bonchev–Trinajstić information content (AvgIpc) is 2.77. The van der Waals surface area contributed by atoms with E-state index < -0.39 is 6.10 Å². The molecule has 1 aliphatic rings. The zero-order valence-electron chi connectivity index (χ0n) is 17.4. The van der Waals surface area contributed by atoms with Gasteiger partial charge in [-0.05, 0) is 43.0 Å². The van der Waals surface area contributed by atoms with Crippen molar-refractivity contribution in [3.05, 3.63) is 70.7 Å². The maximum absolute atomic E-state index is 13.2. The number of carbonyl (C=O) groups excluding carboxylic acids is 2. The van der Waals surface area contributed by atoms with Gasteiger partial charge in [0.2, 0.25) is 0 Å². The molecule has 0 radical (unpaired) electrons. The van der Waals surface area contributed by atoms with Crippen LogP contribution in [0.25, 0.3) is 10.8 Å². The van der Waals surface area contributed by atoms with Gasteiger partial charge in [-0.1, -0.05) is 65.7 Å². The molecule has 1 heterocycles. The van der Waals surface area contributed by atoms with E-state index in [0.717, 1.165) is 27.4 Å². The first-order valence-corrected chi connectivity index (χ1v) is 11.1. The van der Waals surface area contributed by atoms with E-state index in [1.54, 1.807) is 13.0 Å². The quantitative estimate of drug-likeness (QED) is 0.513. The molecular weight excluding hydrogens is 458 g/mol. The molecule has 0 aliphatic carbocycles. The van der Waals surface area contributed by atoms with Crippen LogP contribution in [0.15, 0.2) is 65.1 Å². The van der Waals surface area contributed by atoms with Crippen LogP contribution in [-0.4, -0.2) is 29.1 Å². The largest absolute Gasteiger partial charge is 0.480 e. The van der Waals surface area contributed by atoms with Crippen LogP contribution >= 0.6 is 15.9 Å². The molecule has 7 heteroatoms. The maximum atomic E-state index is 13.2. The second-order valence-electron chi connectivity index (χ2n) is 7.53. The number of fused-ring (bicyclic) bond motifs is 2.